The summed E-state index contributed by atoms with van der Waals surface area (Å²) in [4.78, 5) is 11.9. The Morgan fingerprint density at radius 2 is 2.15 bits per heavy atom. The minimum atomic E-state index is -0.634. The molecule has 20 heavy (non-hydrogen) atoms. The molecule has 1 amide bonds. The summed E-state index contributed by atoms with van der Waals surface area (Å²) in [6.45, 7) is 1.72. The zero-order chi connectivity index (χ0) is 14.8. The number of aryl methyl sites for hydroxylation is 1. The molecular formula is C15H19F2NO2. The second-order valence-corrected chi connectivity index (χ2v) is 5.63. The van der Waals surface area contributed by atoms with Gasteiger partial charge in [0.2, 0.25) is 5.91 Å². The molecule has 1 aliphatic rings. The fourth-order valence-corrected chi connectivity index (χ4v) is 2.34. The Hall–Kier alpha value is -1.49. The Balaban J connectivity index is 1.88. The van der Waals surface area contributed by atoms with E-state index in [0.29, 0.717) is 11.5 Å². The van der Waals surface area contributed by atoms with Crippen molar-refractivity contribution in [3.05, 3.63) is 35.4 Å². The number of halogens is 2. The van der Waals surface area contributed by atoms with E-state index in [4.69, 9.17) is 0 Å². The molecule has 1 unspecified atom stereocenters. The van der Waals surface area contributed by atoms with Gasteiger partial charge in [-0.3, -0.25) is 4.79 Å². The van der Waals surface area contributed by atoms with Gasteiger partial charge < -0.3 is 10.4 Å². The van der Waals surface area contributed by atoms with Gasteiger partial charge in [-0.15, -0.1) is 0 Å². The van der Waals surface area contributed by atoms with Crippen LogP contribution in [-0.4, -0.2) is 23.2 Å². The average molecular weight is 283 g/mol. The lowest BCUT2D eigenvalue weighted by atomic mass is 9.96. The Kier molecular flexibility index (Phi) is 4.38. The number of amides is 1. The summed E-state index contributed by atoms with van der Waals surface area (Å²) in [5.74, 6) is -1.17. The fourth-order valence-electron chi connectivity index (χ4n) is 2.34. The molecule has 5 heteroatoms. The Bertz CT molecular complexity index is 503. The van der Waals surface area contributed by atoms with Crippen molar-refractivity contribution in [3.8, 4) is 0 Å². The molecule has 1 atom stereocenters. The highest BCUT2D eigenvalue weighted by molar-refractivity contribution is 5.77. The van der Waals surface area contributed by atoms with E-state index in [2.05, 4.69) is 5.32 Å². The molecule has 1 saturated carbocycles. The maximum absolute atomic E-state index is 13.4. The van der Waals surface area contributed by atoms with Crippen molar-refractivity contribution in [2.24, 2.45) is 5.92 Å². The van der Waals surface area contributed by atoms with Crippen LogP contribution >= 0.6 is 0 Å². The molecule has 1 aromatic rings. The van der Waals surface area contributed by atoms with Gasteiger partial charge in [-0.25, -0.2) is 8.78 Å². The maximum Gasteiger partial charge on any atom is 0.220 e. The number of aliphatic hydroxyl groups is 1. The molecule has 0 bridgehead atoms. The monoisotopic (exact) mass is 283 g/mol. The van der Waals surface area contributed by atoms with Gasteiger partial charge in [0.15, 0.2) is 0 Å². The maximum atomic E-state index is 13.4. The molecule has 2 N–H and O–H groups in total. The zero-order valence-electron chi connectivity index (χ0n) is 11.5. The van der Waals surface area contributed by atoms with Crippen molar-refractivity contribution in [1.82, 2.24) is 5.32 Å². The number of carbonyl (C=O) groups excluding carboxylic acids is 1. The predicted octanol–water partition coefficient (Wildman–Crippen LogP) is 2.17. The summed E-state index contributed by atoms with van der Waals surface area (Å²) in [7, 11) is 0. The number of hydrogen-bond donors (Lipinski definition) is 2. The molecule has 0 spiro atoms. The smallest absolute Gasteiger partial charge is 0.220 e. The summed E-state index contributed by atoms with van der Waals surface area (Å²) in [5, 5.41) is 12.2. The SMILES string of the molecule is CC(CO)(NC(=O)CCc1ccc(F)cc1F)C1CC1. The minimum absolute atomic E-state index is 0.103. The first-order chi connectivity index (χ1) is 9.44. The highest BCUT2D eigenvalue weighted by Crippen LogP contribution is 2.39. The van der Waals surface area contributed by atoms with Crippen molar-refractivity contribution in [1.29, 1.82) is 0 Å². The molecular weight excluding hydrogens is 264 g/mol. The van der Waals surface area contributed by atoms with E-state index in [1.54, 1.807) is 0 Å². The normalized spacial score (nSPS) is 17.6. The molecule has 110 valence electrons. The number of carbonyl (C=O) groups is 1. The molecule has 0 saturated heterocycles. The number of benzene rings is 1. The van der Waals surface area contributed by atoms with Crippen molar-refractivity contribution in [3.63, 3.8) is 0 Å². The fraction of sp³-hybridized carbons (Fsp3) is 0.533. The van der Waals surface area contributed by atoms with Crippen LogP contribution in [0, 0.1) is 17.6 Å². The van der Waals surface area contributed by atoms with Crippen LogP contribution in [0.5, 0.6) is 0 Å². The third-order valence-corrected chi connectivity index (χ3v) is 3.87. The van der Waals surface area contributed by atoms with Crippen LogP contribution in [0.3, 0.4) is 0 Å². The second kappa shape index (κ2) is 5.87. The van der Waals surface area contributed by atoms with E-state index in [9.17, 15) is 18.7 Å². The van der Waals surface area contributed by atoms with Crippen LogP contribution in [0.1, 0.15) is 31.7 Å². The molecule has 0 aliphatic heterocycles. The molecule has 3 nitrogen and oxygen atoms in total. The van der Waals surface area contributed by atoms with Gasteiger partial charge in [0.1, 0.15) is 11.6 Å². The Labute approximate surface area is 117 Å². The molecule has 2 rings (SSSR count). The van der Waals surface area contributed by atoms with E-state index in [1.165, 1.54) is 12.1 Å². The van der Waals surface area contributed by atoms with Crippen LogP contribution in [-0.2, 0) is 11.2 Å². The Morgan fingerprint density at radius 1 is 1.45 bits per heavy atom. The van der Waals surface area contributed by atoms with Crippen LogP contribution < -0.4 is 5.32 Å². The molecule has 0 heterocycles. The third-order valence-electron chi connectivity index (χ3n) is 3.87. The summed E-state index contributed by atoms with van der Waals surface area (Å²) >= 11 is 0. The van der Waals surface area contributed by atoms with Crippen LogP contribution in [0.15, 0.2) is 18.2 Å². The van der Waals surface area contributed by atoms with E-state index in [1.807, 2.05) is 6.92 Å². The van der Waals surface area contributed by atoms with Crippen molar-refractivity contribution >= 4 is 5.91 Å². The lowest BCUT2D eigenvalue weighted by molar-refractivity contribution is -0.123. The zero-order valence-corrected chi connectivity index (χ0v) is 11.5. The largest absolute Gasteiger partial charge is 0.394 e. The van der Waals surface area contributed by atoms with Gasteiger partial charge in [-0.2, -0.15) is 0 Å². The number of rotatable bonds is 6. The van der Waals surface area contributed by atoms with E-state index < -0.39 is 17.2 Å². The average Bonchev–Trinajstić information content (AvgIpc) is 3.22. The minimum Gasteiger partial charge on any atom is -0.394 e. The highest BCUT2D eigenvalue weighted by Gasteiger charge is 2.41. The molecule has 0 radical (unpaired) electrons. The summed E-state index contributed by atoms with van der Waals surface area (Å²) in [5.41, 5.74) is -0.267. The van der Waals surface area contributed by atoms with Gasteiger partial charge in [-0.1, -0.05) is 6.07 Å². The first kappa shape index (κ1) is 14.9. The number of aliphatic hydroxyl groups excluding tert-OH is 1. The third kappa shape index (κ3) is 3.54. The van der Waals surface area contributed by atoms with Crippen LogP contribution in [0.4, 0.5) is 8.78 Å². The van der Waals surface area contributed by atoms with E-state index in [-0.39, 0.29) is 25.4 Å². The van der Waals surface area contributed by atoms with Crippen LogP contribution in [0.25, 0.3) is 0 Å². The highest BCUT2D eigenvalue weighted by atomic mass is 19.1. The lowest BCUT2D eigenvalue weighted by Crippen LogP contribution is -2.50. The lowest BCUT2D eigenvalue weighted by Gasteiger charge is -2.28. The van der Waals surface area contributed by atoms with Gasteiger partial charge in [-0.05, 0) is 43.7 Å². The Morgan fingerprint density at radius 3 is 2.70 bits per heavy atom. The molecule has 1 fully saturated rings. The van der Waals surface area contributed by atoms with Gasteiger partial charge in [0, 0.05) is 12.5 Å². The summed E-state index contributed by atoms with van der Waals surface area (Å²) in [6.07, 6.45) is 2.34. The van der Waals surface area contributed by atoms with E-state index >= 15 is 0 Å². The number of hydrogen-bond acceptors (Lipinski definition) is 2. The van der Waals surface area contributed by atoms with Gasteiger partial charge in [0.25, 0.3) is 0 Å². The van der Waals surface area contributed by atoms with Crippen molar-refractivity contribution in [2.75, 3.05) is 6.61 Å². The summed E-state index contributed by atoms with van der Waals surface area (Å²) in [6, 6.07) is 3.34. The van der Waals surface area contributed by atoms with E-state index in [0.717, 1.165) is 18.9 Å². The first-order valence-electron chi connectivity index (χ1n) is 6.80. The standard InChI is InChI=1S/C15H19F2NO2/c1-15(9-19,11-4-5-11)18-14(20)7-3-10-2-6-12(16)8-13(10)17/h2,6,8,11,19H,3-5,7,9H2,1H3,(H,18,20). The van der Waals surface area contributed by atoms with Gasteiger partial charge >= 0.3 is 0 Å². The predicted molar refractivity (Wildman–Crippen MR) is 71.0 cm³/mol. The number of nitrogens with one attached hydrogen (secondary N) is 1. The van der Waals surface area contributed by atoms with Gasteiger partial charge in [0.05, 0.1) is 12.1 Å². The first-order valence-corrected chi connectivity index (χ1v) is 6.80. The van der Waals surface area contributed by atoms with Crippen LogP contribution in [0.2, 0.25) is 0 Å². The topological polar surface area (TPSA) is 49.3 Å². The summed E-state index contributed by atoms with van der Waals surface area (Å²) < 4.78 is 26.2. The molecule has 1 aliphatic carbocycles. The second-order valence-electron chi connectivity index (χ2n) is 5.63. The van der Waals surface area contributed by atoms with Crippen molar-refractivity contribution in [2.45, 2.75) is 38.1 Å². The van der Waals surface area contributed by atoms with Crippen molar-refractivity contribution < 1.29 is 18.7 Å². The molecule has 0 aromatic heterocycles. The molecule has 1 aromatic carbocycles. The quantitative estimate of drug-likeness (QED) is 0.840.